The molecule has 0 saturated carbocycles. The Hall–Kier alpha value is -2.15. The van der Waals surface area contributed by atoms with Crippen LogP contribution in [-0.4, -0.2) is 5.78 Å². The van der Waals surface area contributed by atoms with Crippen LogP contribution in [0.2, 0.25) is 0 Å². The van der Waals surface area contributed by atoms with Crippen molar-refractivity contribution >= 4 is 11.4 Å². The smallest absolute Gasteiger partial charge is 0.159 e. The van der Waals surface area contributed by atoms with E-state index in [1.807, 2.05) is 6.08 Å². The third-order valence-electron chi connectivity index (χ3n) is 5.73. The van der Waals surface area contributed by atoms with Crippen LogP contribution in [0.1, 0.15) is 69.9 Å². The fourth-order valence-electron chi connectivity index (χ4n) is 4.02. The molecular formula is C26H32O. The van der Waals surface area contributed by atoms with Gasteiger partial charge in [0.25, 0.3) is 0 Å². The lowest BCUT2D eigenvalue weighted by molar-refractivity contribution is -0.118. The highest BCUT2D eigenvalue weighted by Gasteiger charge is 2.21. The van der Waals surface area contributed by atoms with Crippen LogP contribution in [0.25, 0.3) is 16.7 Å². The predicted molar refractivity (Wildman–Crippen MR) is 116 cm³/mol. The number of aryl methyl sites for hydroxylation is 1. The van der Waals surface area contributed by atoms with Gasteiger partial charge in [-0.15, -0.1) is 0 Å². The van der Waals surface area contributed by atoms with Crippen LogP contribution < -0.4 is 0 Å². The van der Waals surface area contributed by atoms with E-state index in [1.54, 1.807) is 0 Å². The standard InChI is InChI=1S/C26H32O/c1-3-5-6-8-20-9-11-21(12-10-20)22-13-15-23(16-14-22)25-18-17-24(7-4-2)26(27)19-25/h9-16,19,24H,3-8,17-18H2,1-2H3. The summed E-state index contributed by atoms with van der Waals surface area (Å²) in [5, 5.41) is 0. The minimum atomic E-state index is 0.244. The normalized spacial score (nSPS) is 17.0. The Morgan fingerprint density at radius 3 is 2.04 bits per heavy atom. The molecule has 0 aromatic heterocycles. The van der Waals surface area contributed by atoms with Gasteiger partial charge in [-0.1, -0.05) is 81.6 Å². The molecule has 3 rings (SSSR count). The zero-order chi connectivity index (χ0) is 19.1. The van der Waals surface area contributed by atoms with Crippen molar-refractivity contribution in [3.63, 3.8) is 0 Å². The van der Waals surface area contributed by atoms with Crippen molar-refractivity contribution in [1.29, 1.82) is 0 Å². The second-order valence-corrected chi connectivity index (χ2v) is 7.83. The first-order valence-electron chi connectivity index (χ1n) is 10.7. The molecule has 1 aliphatic carbocycles. The summed E-state index contributed by atoms with van der Waals surface area (Å²) < 4.78 is 0. The Morgan fingerprint density at radius 2 is 1.44 bits per heavy atom. The molecule has 2 aromatic carbocycles. The van der Waals surface area contributed by atoms with Crippen molar-refractivity contribution in [2.24, 2.45) is 5.92 Å². The van der Waals surface area contributed by atoms with Gasteiger partial charge in [0, 0.05) is 5.92 Å². The third-order valence-corrected chi connectivity index (χ3v) is 5.73. The van der Waals surface area contributed by atoms with E-state index in [0.29, 0.717) is 5.78 Å². The highest BCUT2D eigenvalue weighted by molar-refractivity contribution is 6.00. The van der Waals surface area contributed by atoms with Crippen LogP contribution in [0.4, 0.5) is 0 Å². The van der Waals surface area contributed by atoms with Crippen LogP contribution in [0.5, 0.6) is 0 Å². The molecule has 0 radical (unpaired) electrons. The SMILES string of the molecule is CCCCCc1ccc(-c2ccc(C3=CC(=O)C(CCC)CC3)cc2)cc1. The number of carbonyl (C=O) groups is 1. The Morgan fingerprint density at radius 1 is 0.815 bits per heavy atom. The number of allylic oxidation sites excluding steroid dienone is 2. The summed E-state index contributed by atoms with van der Waals surface area (Å²) in [6.45, 7) is 4.40. The van der Waals surface area contributed by atoms with E-state index in [2.05, 4.69) is 62.4 Å². The summed E-state index contributed by atoms with van der Waals surface area (Å²) in [5.74, 6) is 0.565. The van der Waals surface area contributed by atoms with Crippen molar-refractivity contribution < 1.29 is 4.79 Å². The minimum absolute atomic E-state index is 0.244. The number of hydrogen-bond acceptors (Lipinski definition) is 1. The van der Waals surface area contributed by atoms with Gasteiger partial charge in [0.1, 0.15) is 0 Å². The lowest BCUT2D eigenvalue weighted by Gasteiger charge is -2.20. The van der Waals surface area contributed by atoms with E-state index in [-0.39, 0.29) is 5.92 Å². The molecule has 0 aliphatic heterocycles. The first-order valence-corrected chi connectivity index (χ1v) is 10.7. The molecule has 0 heterocycles. The lowest BCUT2D eigenvalue weighted by atomic mass is 9.83. The lowest BCUT2D eigenvalue weighted by Crippen LogP contribution is -2.16. The summed E-state index contributed by atoms with van der Waals surface area (Å²) in [6, 6.07) is 17.7. The fourth-order valence-corrected chi connectivity index (χ4v) is 4.02. The van der Waals surface area contributed by atoms with E-state index in [4.69, 9.17) is 0 Å². The van der Waals surface area contributed by atoms with Gasteiger partial charge in [0.15, 0.2) is 5.78 Å². The van der Waals surface area contributed by atoms with Crippen LogP contribution in [-0.2, 0) is 11.2 Å². The molecule has 27 heavy (non-hydrogen) atoms. The zero-order valence-corrected chi connectivity index (χ0v) is 16.8. The Balaban J connectivity index is 1.67. The number of unbranched alkanes of at least 4 members (excludes halogenated alkanes) is 2. The highest BCUT2D eigenvalue weighted by Crippen LogP contribution is 2.31. The molecule has 0 fully saturated rings. The van der Waals surface area contributed by atoms with Crippen molar-refractivity contribution in [1.82, 2.24) is 0 Å². The van der Waals surface area contributed by atoms with E-state index in [9.17, 15) is 4.79 Å². The van der Waals surface area contributed by atoms with Crippen LogP contribution in [0.3, 0.4) is 0 Å². The van der Waals surface area contributed by atoms with Crippen molar-refractivity contribution in [2.75, 3.05) is 0 Å². The van der Waals surface area contributed by atoms with Gasteiger partial charge in [-0.25, -0.2) is 0 Å². The van der Waals surface area contributed by atoms with Gasteiger partial charge in [0.2, 0.25) is 0 Å². The molecule has 1 unspecified atom stereocenters. The zero-order valence-electron chi connectivity index (χ0n) is 16.8. The maximum atomic E-state index is 12.3. The minimum Gasteiger partial charge on any atom is -0.295 e. The van der Waals surface area contributed by atoms with Gasteiger partial charge in [-0.05, 0) is 66.0 Å². The average Bonchev–Trinajstić information content (AvgIpc) is 2.71. The topological polar surface area (TPSA) is 17.1 Å². The molecule has 1 aliphatic rings. The van der Waals surface area contributed by atoms with Crippen LogP contribution in [0.15, 0.2) is 54.6 Å². The van der Waals surface area contributed by atoms with Gasteiger partial charge in [-0.3, -0.25) is 4.79 Å². The summed E-state index contributed by atoms with van der Waals surface area (Å²) in [7, 11) is 0. The van der Waals surface area contributed by atoms with E-state index < -0.39 is 0 Å². The molecule has 1 heteroatoms. The van der Waals surface area contributed by atoms with Gasteiger partial charge < -0.3 is 0 Å². The molecule has 0 spiro atoms. The highest BCUT2D eigenvalue weighted by atomic mass is 16.1. The fraction of sp³-hybridized carbons (Fsp3) is 0.423. The van der Waals surface area contributed by atoms with Crippen molar-refractivity contribution in [2.45, 2.75) is 65.2 Å². The molecule has 0 amide bonds. The molecule has 0 bridgehead atoms. The number of benzene rings is 2. The Labute approximate surface area is 164 Å². The molecule has 1 atom stereocenters. The summed E-state index contributed by atoms with van der Waals surface area (Å²) in [6.07, 6.45) is 11.0. The van der Waals surface area contributed by atoms with E-state index in [1.165, 1.54) is 53.5 Å². The third kappa shape index (κ3) is 5.19. The van der Waals surface area contributed by atoms with Crippen LogP contribution in [0, 0.1) is 5.92 Å². The second-order valence-electron chi connectivity index (χ2n) is 7.83. The summed E-state index contributed by atoms with van der Waals surface area (Å²) in [5.41, 5.74) is 6.32. The molecule has 1 nitrogen and oxygen atoms in total. The van der Waals surface area contributed by atoms with E-state index >= 15 is 0 Å². The molecule has 0 N–H and O–H groups in total. The summed E-state index contributed by atoms with van der Waals surface area (Å²) in [4.78, 5) is 12.3. The monoisotopic (exact) mass is 360 g/mol. The summed E-state index contributed by atoms with van der Waals surface area (Å²) >= 11 is 0. The Bertz CT molecular complexity index is 765. The number of ketones is 1. The predicted octanol–water partition coefficient (Wildman–Crippen LogP) is 7.25. The number of rotatable bonds is 8. The van der Waals surface area contributed by atoms with Crippen LogP contribution >= 0.6 is 0 Å². The molecular weight excluding hydrogens is 328 g/mol. The van der Waals surface area contributed by atoms with Gasteiger partial charge in [0.05, 0.1) is 0 Å². The average molecular weight is 361 g/mol. The molecule has 0 saturated heterocycles. The molecule has 142 valence electrons. The largest absolute Gasteiger partial charge is 0.295 e. The first kappa shape index (κ1) is 19.6. The quantitative estimate of drug-likeness (QED) is 0.453. The van der Waals surface area contributed by atoms with Crippen molar-refractivity contribution in [3.05, 3.63) is 65.7 Å². The molecule has 2 aromatic rings. The second kappa shape index (κ2) is 9.69. The van der Waals surface area contributed by atoms with E-state index in [0.717, 1.165) is 25.7 Å². The number of carbonyl (C=O) groups excluding carboxylic acids is 1. The Kier molecular flexibility index (Phi) is 7.04. The number of hydrogen-bond donors (Lipinski definition) is 0. The van der Waals surface area contributed by atoms with Crippen molar-refractivity contribution in [3.8, 4) is 11.1 Å². The first-order chi connectivity index (χ1) is 13.2. The maximum Gasteiger partial charge on any atom is 0.159 e. The van der Waals surface area contributed by atoms with Gasteiger partial charge >= 0.3 is 0 Å². The maximum absolute atomic E-state index is 12.3. The van der Waals surface area contributed by atoms with Gasteiger partial charge in [-0.2, -0.15) is 0 Å².